The molecule has 0 fully saturated rings. The van der Waals surface area contributed by atoms with Gasteiger partial charge in [-0.1, -0.05) is 42.5 Å². The van der Waals surface area contributed by atoms with E-state index in [1.807, 2.05) is 47.9 Å². The van der Waals surface area contributed by atoms with E-state index in [1.165, 1.54) is 11.6 Å². The van der Waals surface area contributed by atoms with Gasteiger partial charge in [0.2, 0.25) is 0 Å². The fourth-order valence-corrected chi connectivity index (χ4v) is 4.57. The summed E-state index contributed by atoms with van der Waals surface area (Å²) < 4.78 is 41.8. The summed E-state index contributed by atoms with van der Waals surface area (Å²) in [6.45, 7) is 2.69. The highest BCUT2D eigenvalue weighted by atomic mass is 32.1. The van der Waals surface area contributed by atoms with Crippen LogP contribution in [0.1, 0.15) is 32.1 Å². The maximum atomic E-state index is 12.9. The van der Waals surface area contributed by atoms with Gasteiger partial charge in [-0.25, -0.2) is 0 Å². The number of alkyl halides is 3. The number of hydrogen-bond donors (Lipinski definition) is 1. The second kappa shape index (κ2) is 8.59. The van der Waals surface area contributed by atoms with Crippen LogP contribution in [0.5, 0.6) is 0 Å². The third-order valence-electron chi connectivity index (χ3n) is 5.12. The van der Waals surface area contributed by atoms with Gasteiger partial charge in [0, 0.05) is 18.0 Å². The molecule has 1 amide bonds. The summed E-state index contributed by atoms with van der Waals surface area (Å²) in [7, 11) is 0. The van der Waals surface area contributed by atoms with Gasteiger partial charge in [0.25, 0.3) is 5.91 Å². The lowest BCUT2D eigenvalue weighted by atomic mass is 10.1. The third-order valence-corrected chi connectivity index (χ3v) is 6.11. The van der Waals surface area contributed by atoms with Gasteiger partial charge in [-0.3, -0.25) is 4.79 Å². The smallest absolute Gasteiger partial charge is 0.347 e. The average Bonchev–Trinajstić information content (AvgIpc) is 3.27. The molecule has 0 saturated heterocycles. The van der Waals surface area contributed by atoms with E-state index in [2.05, 4.69) is 11.4 Å². The third kappa shape index (κ3) is 4.82. The van der Waals surface area contributed by atoms with Crippen LogP contribution in [0.3, 0.4) is 0 Å². The van der Waals surface area contributed by atoms with Crippen LogP contribution in [0.15, 0.2) is 66.7 Å². The van der Waals surface area contributed by atoms with Gasteiger partial charge < -0.3 is 9.88 Å². The maximum Gasteiger partial charge on any atom is 0.416 e. The van der Waals surface area contributed by atoms with Gasteiger partial charge in [0.05, 0.1) is 15.8 Å². The SMILES string of the molecule is Cc1cc2c(cc(C(=O)NCc3cccc(C(F)(F)F)c3)n2CCc2ccccc2)s1. The Balaban J connectivity index is 1.54. The molecule has 0 aliphatic heterocycles. The van der Waals surface area contributed by atoms with Crippen LogP contribution in [0, 0.1) is 6.92 Å². The molecule has 4 rings (SSSR count). The summed E-state index contributed by atoms with van der Waals surface area (Å²) in [6.07, 6.45) is -3.64. The van der Waals surface area contributed by atoms with Crippen LogP contribution in [0.4, 0.5) is 13.2 Å². The number of nitrogens with zero attached hydrogens (tertiary/aromatic N) is 1. The highest BCUT2D eigenvalue weighted by Crippen LogP contribution is 2.30. The van der Waals surface area contributed by atoms with Crippen molar-refractivity contribution in [3.63, 3.8) is 0 Å². The molecule has 0 radical (unpaired) electrons. The Morgan fingerprint density at radius 3 is 2.48 bits per heavy atom. The maximum absolute atomic E-state index is 12.9. The molecule has 0 spiro atoms. The van der Waals surface area contributed by atoms with Crippen LogP contribution in [0.2, 0.25) is 0 Å². The first-order chi connectivity index (χ1) is 14.8. The molecular weight excluding hydrogens is 421 g/mol. The van der Waals surface area contributed by atoms with Gasteiger partial charge in [0.15, 0.2) is 0 Å². The minimum atomic E-state index is -4.41. The number of aromatic nitrogens is 1. The topological polar surface area (TPSA) is 34.0 Å². The number of aryl methyl sites for hydroxylation is 3. The Morgan fingerprint density at radius 1 is 1.00 bits per heavy atom. The summed E-state index contributed by atoms with van der Waals surface area (Å²) in [5.41, 5.74) is 2.38. The molecule has 7 heteroatoms. The van der Waals surface area contributed by atoms with E-state index in [9.17, 15) is 18.0 Å². The standard InChI is InChI=1S/C24H21F3N2OS/c1-16-12-20-22(31-16)14-21(29(20)11-10-17-6-3-2-4-7-17)23(30)28-15-18-8-5-9-19(13-18)24(25,26)27/h2-9,12-14H,10-11,15H2,1H3,(H,28,30). The number of rotatable bonds is 6. The lowest BCUT2D eigenvalue weighted by molar-refractivity contribution is -0.137. The number of benzene rings is 2. The zero-order chi connectivity index (χ0) is 22.0. The van der Waals surface area contributed by atoms with E-state index < -0.39 is 11.7 Å². The van der Waals surface area contributed by atoms with Crippen LogP contribution >= 0.6 is 11.3 Å². The van der Waals surface area contributed by atoms with Crippen molar-refractivity contribution in [3.05, 3.63) is 94.0 Å². The number of carbonyl (C=O) groups excluding carboxylic acids is 1. The summed E-state index contributed by atoms with van der Waals surface area (Å²) >= 11 is 1.62. The quantitative estimate of drug-likeness (QED) is 0.379. The molecular formula is C24H21F3N2OS. The van der Waals surface area contributed by atoms with Gasteiger partial charge in [-0.05, 0) is 48.7 Å². The number of fused-ring (bicyclic) bond motifs is 1. The number of amides is 1. The van der Waals surface area contributed by atoms with E-state index in [4.69, 9.17) is 0 Å². The average molecular weight is 443 g/mol. The Morgan fingerprint density at radius 2 is 1.74 bits per heavy atom. The van der Waals surface area contributed by atoms with Gasteiger partial charge >= 0.3 is 6.18 Å². The molecule has 4 aromatic rings. The predicted octanol–water partition coefficient (Wildman–Crippen LogP) is 6.20. The summed E-state index contributed by atoms with van der Waals surface area (Å²) in [5.74, 6) is -0.300. The first-order valence-electron chi connectivity index (χ1n) is 9.89. The molecule has 0 bridgehead atoms. The van der Waals surface area contributed by atoms with Crippen molar-refractivity contribution in [2.24, 2.45) is 0 Å². The molecule has 31 heavy (non-hydrogen) atoms. The van der Waals surface area contributed by atoms with Crippen LogP contribution in [-0.4, -0.2) is 10.5 Å². The molecule has 0 aliphatic carbocycles. The van der Waals surface area contributed by atoms with E-state index in [0.29, 0.717) is 17.8 Å². The second-order valence-corrected chi connectivity index (χ2v) is 8.69. The van der Waals surface area contributed by atoms with Gasteiger partial charge in [-0.15, -0.1) is 11.3 Å². The van der Waals surface area contributed by atoms with Crippen molar-refractivity contribution in [1.82, 2.24) is 9.88 Å². The molecule has 2 aromatic heterocycles. The largest absolute Gasteiger partial charge is 0.416 e. The van der Waals surface area contributed by atoms with Crippen molar-refractivity contribution in [1.29, 1.82) is 0 Å². The van der Waals surface area contributed by atoms with Crippen LogP contribution in [0.25, 0.3) is 10.2 Å². The Labute approximate surface area is 182 Å². The van der Waals surface area contributed by atoms with Crippen LogP contribution < -0.4 is 5.32 Å². The van der Waals surface area contributed by atoms with E-state index in [0.717, 1.165) is 33.6 Å². The monoisotopic (exact) mass is 442 g/mol. The molecule has 0 aliphatic rings. The number of halogens is 3. The Kier molecular flexibility index (Phi) is 5.87. The van der Waals surface area contributed by atoms with Crippen molar-refractivity contribution in [2.75, 3.05) is 0 Å². The molecule has 0 atom stereocenters. The van der Waals surface area contributed by atoms with Crippen molar-refractivity contribution in [3.8, 4) is 0 Å². The first-order valence-corrected chi connectivity index (χ1v) is 10.7. The Bertz CT molecular complexity index is 1210. The number of nitrogens with one attached hydrogen (secondary N) is 1. The minimum absolute atomic E-state index is 0.0271. The van der Waals surface area contributed by atoms with Crippen LogP contribution in [-0.2, 0) is 25.7 Å². The van der Waals surface area contributed by atoms with Crippen molar-refractivity contribution < 1.29 is 18.0 Å². The van der Waals surface area contributed by atoms with Gasteiger partial charge in [-0.2, -0.15) is 13.2 Å². The molecule has 1 N–H and O–H groups in total. The molecule has 0 unspecified atom stereocenters. The van der Waals surface area contributed by atoms with Crippen molar-refractivity contribution in [2.45, 2.75) is 32.6 Å². The molecule has 0 saturated carbocycles. The molecule has 160 valence electrons. The zero-order valence-corrected chi connectivity index (χ0v) is 17.7. The zero-order valence-electron chi connectivity index (χ0n) is 16.9. The normalized spacial score (nSPS) is 11.7. The lowest BCUT2D eigenvalue weighted by Crippen LogP contribution is -2.26. The molecule has 2 heterocycles. The van der Waals surface area contributed by atoms with E-state index >= 15 is 0 Å². The number of carbonyl (C=O) groups is 1. The number of hydrogen-bond acceptors (Lipinski definition) is 2. The fraction of sp³-hybridized carbons (Fsp3) is 0.208. The summed E-state index contributed by atoms with van der Waals surface area (Å²) in [4.78, 5) is 14.1. The van der Waals surface area contributed by atoms with E-state index in [1.54, 1.807) is 17.4 Å². The Hall–Kier alpha value is -3.06. The highest BCUT2D eigenvalue weighted by Gasteiger charge is 2.30. The van der Waals surface area contributed by atoms with E-state index in [-0.39, 0.29) is 12.5 Å². The summed E-state index contributed by atoms with van der Waals surface area (Å²) in [5, 5.41) is 2.78. The fourth-order valence-electron chi connectivity index (χ4n) is 3.61. The lowest BCUT2D eigenvalue weighted by Gasteiger charge is -2.12. The second-order valence-electron chi connectivity index (χ2n) is 7.40. The predicted molar refractivity (Wildman–Crippen MR) is 117 cm³/mol. The molecule has 3 nitrogen and oxygen atoms in total. The van der Waals surface area contributed by atoms with Crippen molar-refractivity contribution >= 4 is 27.5 Å². The molecule has 2 aromatic carbocycles. The highest BCUT2D eigenvalue weighted by molar-refractivity contribution is 7.19. The first kappa shape index (κ1) is 21.2. The number of thiophene rings is 1. The van der Waals surface area contributed by atoms with Gasteiger partial charge in [0.1, 0.15) is 5.69 Å². The minimum Gasteiger partial charge on any atom is -0.347 e. The summed E-state index contributed by atoms with van der Waals surface area (Å²) in [6, 6.07) is 19.0.